The van der Waals surface area contributed by atoms with E-state index >= 15 is 0 Å². The molecule has 1 aromatic rings. The van der Waals surface area contributed by atoms with Gasteiger partial charge in [-0.2, -0.15) is 0 Å². The first-order valence-electron chi connectivity index (χ1n) is 6.99. The Morgan fingerprint density at radius 3 is 2.86 bits per heavy atom. The monoisotopic (exact) mass is 304 g/mol. The fourth-order valence-corrected chi connectivity index (χ4v) is 3.32. The Hall–Kier alpha value is -2.18. The lowest BCUT2D eigenvalue weighted by Gasteiger charge is -2.39. The molecule has 3 rings (SSSR count). The van der Waals surface area contributed by atoms with E-state index in [0.717, 1.165) is 0 Å². The van der Waals surface area contributed by atoms with Gasteiger partial charge in [-0.3, -0.25) is 9.59 Å². The van der Waals surface area contributed by atoms with Crippen LogP contribution in [0, 0.1) is 0 Å². The number of carbonyl (C=O) groups is 2. The SMILES string of the molecule is CC1(O)OC(CC(=O)O)CC2=C1C(=O)c1c(O)cccc1C2. The Labute approximate surface area is 126 Å². The summed E-state index contributed by atoms with van der Waals surface area (Å²) in [4.78, 5) is 23.5. The molecule has 1 heterocycles. The molecule has 1 aliphatic heterocycles. The lowest BCUT2D eigenvalue weighted by Crippen LogP contribution is -2.45. The lowest BCUT2D eigenvalue weighted by atomic mass is 9.77. The summed E-state index contributed by atoms with van der Waals surface area (Å²) in [7, 11) is 0. The first-order chi connectivity index (χ1) is 10.3. The number of aliphatic carboxylic acids is 1. The van der Waals surface area contributed by atoms with Crippen LogP contribution in [0.4, 0.5) is 0 Å². The van der Waals surface area contributed by atoms with Crippen molar-refractivity contribution in [3.63, 3.8) is 0 Å². The molecule has 116 valence electrons. The van der Waals surface area contributed by atoms with E-state index < -0.39 is 23.6 Å². The first-order valence-corrected chi connectivity index (χ1v) is 6.99. The van der Waals surface area contributed by atoms with Crippen molar-refractivity contribution in [2.24, 2.45) is 0 Å². The molecular weight excluding hydrogens is 288 g/mol. The molecule has 2 aliphatic rings. The van der Waals surface area contributed by atoms with Crippen LogP contribution < -0.4 is 0 Å². The number of hydrogen-bond acceptors (Lipinski definition) is 5. The van der Waals surface area contributed by atoms with E-state index in [2.05, 4.69) is 0 Å². The number of rotatable bonds is 2. The van der Waals surface area contributed by atoms with Crippen LogP contribution in [0.1, 0.15) is 35.7 Å². The summed E-state index contributed by atoms with van der Waals surface area (Å²) in [6.45, 7) is 1.33. The van der Waals surface area contributed by atoms with Gasteiger partial charge in [0.15, 0.2) is 11.6 Å². The van der Waals surface area contributed by atoms with Crippen molar-refractivity contribution in [3.05, 3.63) is 40.5 Å². The summed E-state index contributed by atoms with van der Waals surface area (Å²) < 4.78 is 5.39. The van der Waals surface area contributed by atoms with Gasteiger partial charge in [-0.25, -0.2) is 0 Å². The Morgan fingerprint density at radius 2 is 2.18 bits per heavy atom. The topological polar surface area (TPSA) is 104 Å². The second-order valence-electron chi connectivity index (χ2n) is 5.82. The third-order valence-electron chi connectivity index (χ3n) is 4.08. The molecule has 2 atom stereocenters. The summed E-state index contributed by atoms with van der Waals surface area (Å²) in [6, 6.07) is 4.82. The fourth-order valence-electron chi connectivity index (χ4n) is 3.32. The molecule has 2 unspecified atom stereocenters. The maximum atomic E-state index is 12.6. The van der Waals surface area contributed by atoms with Gasteiger partial charge in [-0.1, -0.05) is 17.7 Å². The summed E-state index contributed by atoms with van der Waals surface area (Å²) in [5.41, 5.74) is 1.64. The number of hydrogen-bond donors (Lipinski definition) is 3. The minimum absolute atomic E-state index is 0.114. The van der Waals surface area contributed by atoms with Crippen LogP contribution in [0.2, 0.25) is 0 Å². The normalized spacial score (nSPS) is 27.4. The number of carboxylic acids is 1. The average molecular weight is 304 g/mol. The molecular formula is C16H16O6. The molecule has 3 N–H and O–H groups in total. The molecule has 22 heavy (non-hydrogen) atoms. The third kappa shape index (κ3) is 2.30. The molecule has 0 aromatic heterocycles. The highest BCUT2D eigenvalue weighted by molar-refractivity contribution is 6.14. The zero-order chi connectivity index (χ0) is 16.1. The maximum Gasteiger partial charge on any atom is 0.305 e. The lowest BCUT2D eigenvalue weighted by molar-refractivity contribution is -0.201. The van der Waals surface area contributed by atoms with Crippen LogP contribution in [0.3, 0.4) is 0 Å². The molecule has 1 aliphatic carbocycles. The van der Waals surface area contributed by atoms with Gasteiger partial charge in [0.25, 0.3) is 0 Å². The van der Waals surface area contributed by atoms with Crippen molar-refractivity contribution in [1.29, 1.82) is 0 Å². The molecule has 0 saturated carbocycles. The van der Waals surface area contributed by atoms with Crippen molar-refractivity contribution < 1.29 is 29.6 Å². The smallest absolute Gasteiger partial charge is 0.305 e. The molecule has 0 spiro atoms. The number of benzene rings is 1. The number of fused-ring (bicyclic) bond motifs is 1. The standard InChI is InChI=1S/C16H16O6/c1-16(21)14-9(6-10(22-16)7-12(18)19)5-8-3-2-4-11(17)13(8)15(14)20/h2-4,10,17,21H,5-7H2,1H3,(H,18,19). The van der Waals surface area contributed by atoms with Crippen LogP contribution in [0.15, 0.2) is 29.3 Å². The van der Waals surface area contributed by atoms with Gasteiger partial charge >= 0.3 is 5.97 Å². The third-order valence-corrected chi connectivity index (χ3v) is 4.08. The number of Topliss-reactive ketones (excluding diaryl/α,β-unsaturated/α-hetero) is 1. The molecule has 1 aromatic carbocycles. The molecule has 6 heteroatoms. The maximum absolute atomic E-state index is 12.6. The van der Waals surface area contributed by atoms with E-state index in [1.807, 2.05) is 0 Å². The number of ether oxygens (including phenoxy) is 1. The van der Waals surface area contributed by atoms with Crippen LogP contribution in [0.5, 0.6) is 5.75 Å². The van der Waals surface area contributed by atoms with Gasteiger partial charge in [-0.15, -0.1) is 0 Å². The van der Waals surface area contributed by atoms with E-state index in [1.165, 1.54) is 13.0 Å². The predicted molar refractivity (Wildman–Crippen MR) is 75.5 cm³/mol. The highest BCUT2D eigenvalue weighted by Crippen LogP contribution is 2.42. The van der Waals surface area contributed by atoms with Crippen LogP contribution in [-0.4, -0.2) is 39.0 Å². The Kier molecular flexibility index (Phi) is 3.30. The molecule has 0 saturated heterocycles. The number of phenolic OH excluding ortho intramolecular Hbond substituents is 1. The average Bonchev–Trinajstić information content (AvgIpc) is 2.35. The van der Waals surface area contributed by atoms with Crippen LogP contribution in [0.25, 0.3) is 0 Å². The van der Waals surface area contributed by atoms with Crippen molar-refractivity contribution >= 4 is 11.8 Å². The molecule has 0 fully saturated rings. The molecule has 6 nitrogen and oxygen atoms in total. The summed E-state index contributed by atoms with van der Waals surface area (Å²) in [5, 5.41) is 29.3. The number of aromatic hydroxyl groups is 1. The summed E-state index contributed by atoms with van der Waals surface area (Å²) >= 11 is 0. The van der Waals surface area contributed by atoms with Gasteiger partial charge in [0.05, 0.1) is 23.7 Å². The molecule has 0 amide bonds. The first kappa shape index (κ1) is 14.7. The highest BCUT2D eigenvalue weighted by atomic mass is 16.6. The van der Waals surface area contributed by atoms with Gasteiger partial charge in [0.2, 0.25) is 0 Å². The van der Waals surface area contributed by atoms with E-state index in [9.17, 15) is 19.8 Å². The number of ketones is 1. The highest BCUT2D eigenvalue weighted by Gasteiger charge is 2.45. The van der Waals surface area contributed by atoms with Gasteiger partial charge in [-0.05, 0) is 31.4 Å². The van der Waals surface area contributed by atoms with Gasteiger partial charge in [0, 0.05) is 0 Å². The fraction of sp³-hybridized carbons (Fsp3) is 0.375. The molecule has 0 bridgehead atoms. The van der Waals surface area contributed by atoms with E-state index in [-0.39, 0.29) is 29.7 Å². The van der Waals surface area contributed by atoms with Gasteiger partial charge < -0.3 is 20.1 Å². The quantitative estimate of drug-likeness (QED) is 0.763. The number of carbonyl (C=O) groups excluding carboxylic acids is 1. The number of carboxylic acid groups (broad SMARTS) is 1. The van der Waals surface area contributed by atoms with Crippen molar-refractivity contribution in [3.8, 4) is 5.75 Å². The molecule has 0 radical (unpaired) electrons. The second-order valence-corrected chi connectivity index (χ2v) is 5.82. The Morgan fingerprint density at radius 1 is 1.45 bits per heavy atom. The minimum atomic E-state index is -1.86. The van der Waals surface area contributed by atoms with Gasteiger partial charge in [0.1, 0.15) is 5.75 Å². The number of phenols is 1. The Balaban J connectivity index is 2.05. The zero-order valence-corrected chi connectivity index (χ0v) is 12.0. The number of aliphatic hydroxyl groups is 1. The van der Waals surface area contributed by atoms with Crippen molar-refractivity contribution in [2.45, 2.75) is 38.1 Å². The predicted octanol–water partition coefficient (Wildman–Crippen LogP) is 1.40. The van der Waals surface area contributed by atoms with E-state index in [1.54, 1.807) is 12.1 Å². The van der Waals surface area contributed by atoms with Crippen molar-refractivity contribution in [2.75, 3.05) is 0 Å². The second kappa shape index (κ2) is 4.93. The van der Waals surface area contributed by atoms with Crippen LogP contribution in [-0.2, 0) is 16.0 Å². The zero-order valence-electron chi connectivity index (χ0n) is 12.0. The van der Waals surface area contributed by atoms with Crippen LogP contribution >= 0.6 is 0 Å². The minimum Gasteiger partial charge on any atom is -0.507 e. The summed E-state index contributed by atoms with van der Waals surface area (Å²) in [5.74, 6) is -3.47. The van der Waals surface area contributed by atoms with E-state index in [0.29, 0.717) is 17.6 Å². The van der Waals surface area contributed by atoms with E-state index in [4.69, 9.17) is 9.84 Å². The largest absolute Gasteiger partial charge is 0.507 e. The summed E-state index contributed by atoms with van der Waals surface area (Å²) in [6.07, 6.45) is -0.259. The van der Waals surface area contributed by atoms with Crippen molar-refractivity contribution in [1.82, 2.24) is 0 Å². The Bertz CT molecular complexity index is 701.